The molecule has 0 bridgehead atoms. The first-order valence-electron chi connectivity index (χ1n) is 3.98. The summed E-state index contributed by atoms with van der Waals surface area (Å²) in [5, 5.41) is 11.5. The van der Waals surface area contributed by atoms with Crippen LogP contribution in [0.2, 0.25) is 0 Å². The number of hydrogen-bond acceptors (Lipinski definition) is 3. The largest absolute Gasteiger partial charge is 0.506 e. The fourth-order valence-electron chi connectivity index (χ4n) is 1.32. The van der Waals surface area contributed by atoms with E-state index in [2.05, 4.69) is 0 Å². The highest BCUT2D eigenvalue weighted by atomic mass is 32.1. The topological polar surface area (TPSA) is 29.5 Å². The number of methoxy groups -OCH3 is 1. The molecule has 0 spiro atoms. The zero-order valence-corrected chi connectivity index (χ0v) is 8.31. The SMILES string of the molecule is COc1cc2c(C)ccc(O)c2s1. The molecule has 0 unspecified atom stereocenters. The van der Waals surface area contributed by atoms with E-state index in [1.165, 1.54) is 11.3 Å². The van der Waals surface area contributed by atoms with Gasteiger partial charge in [-0.1, -0.05) is 17.4 Å². The van der Waals surface area contributed by atoms with Crippen molar-refractivity contribution in [2.24, 2.45) is 0 Å². The summed E-state index contributed by atoms with van der Waals surface area (Å²) >= 11 is 1.47. The fraction of sp³-hybridized carbons (Fsp3) is 0.200. The average Bonchev–Trinajstić information content (AvgIpc) is 2.56. The molecule has 0 fully saturated rings. The van der Waals surface area contributed by atoms with Crippen LogP contribution in [0.15, 0.2) is 18.2 Å². The Balaban J connectivity index is 2.80. The van der Waals surface area contributed by atoms with Crippen molar-refractivity contribution in [2.45, 2.75) is 6.92 Å². The zero-order valence-electron chi connectivity index (χ0n) is 7.50. The van der Waals surface area contributed by atoms with Gasteiger partial charge in [-0.2, -0.15) is 0 Å². The number of phenolic OH excluding ortho intramolecular Hbond substituents is 1. The van der Waals surface area contributed by atoms with E-state index in [1.54, 1.807) is 13.2 Å². The number of phenols is 1. The highest BCUT2D eigenvalue weighted by molar-refractivity contribution is 7.21. The number of aryl methyl sites for hydroxylation is 1. The molecule has 0 aliphatic rings. The van der Waals surface area contributed by atoms with Gasteiger partial charge in [0, 0.05) is 5.39 Å². The first-order valence-corrected chi connectivity index (χ1v) is 4.80. The molecule has 1 heterocycles. The Bertz CT molecular complexity index is 406. The Kier molecular flexibility index (Phi) is 1.88. The summed E-state index contributed by atoms with van der Waals surface area (Å²) in [6.45, 7) is 2.02. The highest BCUT2D eigenvalue weighted by Crippen LogP contribution is 2.38. The van der Waals surface area contributed by atoms with Crippen molar-refractivity contribution in [1.29, 1.82) is 0 Å². The van der Waals surface area contributed by atoms with E-state index in [-0.39, 0.29) is 0 Å². The van der Waals surface area contributed by atoms with Crippen LogP contribution in [0.25, 0.3) is 10.1 Å². The molecule has 0 saturated carbocycles. The maximum atomic E-state index is 9.56. The van der Waals surface area contributed by atoms with Crippen LogP contribution in [-0.4, -0.2) is 12.2 Å². The molecule has 0 atom stereocenters. The van der Waals surface area contributed by atoms with E-state index in [9.17, 15) is 5.11 Å². The Morgan fingerprint density at radius 2 is 2.15 bits per heavy atom. The highest BCUT2D eigenvalue weighted by Gasteiger charge is 2.07. The number of thiophene rings is 1. The van der Waals surface area contributed by atoms with Crippen molar-refractivity contribution in [3.8, 4) is 10.8 Å². The van der Waals surface area contributed by atoms with Gasteiger partial charge >= 0.3 is 0 Å². The molecule has 2 aromatic rings. The zero-order chi connectivity index (χ0) is 9.42. The first kappa shape index (κ1) is 8.38. The Hall–Kier alpha value is -1.22. The van der Waals surface area contributed by atoms with Crippen LogP contribution in [0.5, 0.6) is 10.8 Å². The van der Waals surface area contributed by atoms with Crippen molar-refractivity contribution < 1.29 is 9.84 Å². The van der Waals surface area contributed by atoms with E-state index >= 15 is 0 Å². The first-order chi connectivity index (χ1) is 6.22. The fourth-order valence-corrected chi connectivity index (χ4v) is 2.29. The van der Waals surface area contributed by atoms with Crippen molar-refractivity contribution >= 4 is 21.4 Å². The third-order valence-corrected chi connectivity index (χ3v) is 3.18. The van der Waals surface area contributed by atoms with Gasteiger partial charge in [-0.15, -0.1) is 0 Å². The number of hydrogen-bond donors (Lipinski definition) is 1. The molecule has 0 amide bonds. The molecule has 0 saturated heterocycles. The lowest BCUT2D eigenvalue weighted by Crippen LogP contribution is -1.74. The van der Waals surface area contributed by atoms with Gasteiger partial charge < -0.3 is 9.84 Å². The number of rotatable bonds is 1. The number of ether oxygens (including phenoxy) is 1. The molecule has 1 aromatic heterocycles. The third kappa shape index (κ3) is 1.25. The van der Waals surface area contributed by atoms with Crippen molar-refractivity contribution in [2.75, 3.05) is 7.11 Å². The summed E-state index contributed by atoms with van der Waals surface area (Å²) in [5.41, 5.74) is 1.16. The second-order valence-corrected chi connectivity index (χ2v) is 3.93. The van der Waals surface area contributed by atoms with Gasteiger partial charge in [0.05, 0.1) is 11.8 Å². The Morgan fingerprint density at radius 3 is 2.77 bits per heavy atom. The van der Waals surface area contributed by atoms with Gasteiger partial charge in [-0.05, 0) is 24.6 Å². The molecule has 2 rings (SSSR count). The maximum Gasteiger partial charge on any atom is 0.174 e. The second kappa shape index (κ2) is 2.92. The molecular formula is C10H10O2S. The van der Waals surface area contributed by atoms with Gasteiger partial charge in [0.25, 0.3) is 0 Å². The minimum atomic E-state index is 0.328. The van der Waals surface area contributed by atoms with Crippen molar-refractivity contribution in [1.82, 2.24) is 0 Å². The summed E-state index contributed by atoms with van der Waals surface area (Å²) < 4.78 is 6.02. The molecule has 0 radical (unpaired) electrons. The monoisotopic (exact) mass is 194 g/mol. The van der Waals surface area contributed by atoms with E-state index in [0.717, 1.165) is 20.7 Å². The molecule has 0 aliphatic heterocycles. The summed E-state index contributed by atoms with van der Waals surface area (Å²) in [6.07, 6.45) is 0. The number of fused-ring (bicyclic) bond motifs is 1. The summed E-state index contributed by atoms with van der Waals surface area (Å²) in [6, 6.07) is 5.58. The molecule has 13 heavy (non-hydrogen) atoms. The van der Waals surface area contributed by atoms with E-state index < -0.39 is 0 Å². The van der Waals surface area contributed by atoms with Crippen molar-refractivity contribution in [3.05, 3.63) is 23.8 Å². The second-order valence-electron chi connectivity index (χ2n) is 2.91. The molecular weight excluding hydrogens is 184 g/mol. The predicted octanol–water partition coefficient (Wildman–Crippen LogP) is 2.92. The molecule has 0 aliphatic carbocycles. The molecule has 2 nitrogen and oxygen atoms in total. The molecule has 3 heteroatoms. The Labute approximate surface area is 80.4 Å². The summed E-state index contributed by atoms with van der Waals surface area (Å²) in [7, 11) is 1.64. The smallest absolute Gasteiger partial charge is 0.174 e. The maximum absolute atomic E-state index is 9.56. The van der Waals surface area contributed by atoms with Gasteiger partial charge in [0.15, 0.2) is 5.06 Å². The summed E-state index contributed by atoms with van der Waals surface area (Å²) in [5.74, 6) is 0.328. The lowest BCUT2D eigenvalue weighted by atomic mass is 10.1. The summed E-state index contributed by atoms with van der Waals surface area (Å²) in [4.78, 5) is 0. The average molecular weight is 194 g/mol. The minimum absolute atomic E-state index is 0.328. The number of aromatic hydroxyl groups is 1. The van der Waals surface area contributed by atoms with Crippen LogP contribution in [0.1, 0.15) is 5.56 Å². The lowest BCUT2D eigenvalue weighted by molar-refractivity contribution is 0.427. The van der Waals surface area contributed by atoms with Crippen LogP contribution in [0.3, 0.4) is 0 Å². The standard InChI is InChI=1S/C10H10O2S/c1-6-3-4-8(11)10-7(6)5-9(12-2)13-10/h3-5,11H,1-2H3. The van der Waals surface area contributed by atoms with Crippen LogP contribution in [0.4, 0.5) is 0 Å². The van der Waals surface area contributed by atoms with E-state index in [0.29, 0.717) is 5.75 Å². The van der Waals surface area contributed by atoms with E-state index in [1.807, 2.05) is 19.1 Å². The van der Waals surface area contributed by atoms with Crippen LogP contribution in [0, 0.1) is 6.92 Å². The van der Waals surface area contributed by atoms with Crippen LogP contribution >= 0.6 is 11.3 Å². The normalized spacial score (nSPS) is 10.6. The minimum Gasteiger partial charge on any atom is -0.506 e. The van der Waals surface area contributed by atoms with Crippen LogP contribution in [-0.2, 0) is 0 Å². The lowest BCUT2D eigenvalue weighted by Gasteiger charge is -1.96. The Morgan fingerprint density at radius 1 is 1.38 bits per heavy atom. The van der Waals surface area contributed by atoms with Gasteiger partial charge in [-0.3, -0.25) is 0 Å². The number of benzene rings is 1. The quantitative estimate of drug-likeness (QED) is 0.756. The van der Waals surface area contributed by atoms with Gasteiger partial charge in [-0.25, -0.2) is 0 Å². The van der Waals surface area contributed by atoms with Gasteiger partial charge in [0.2, 0.25) is 0 Å². The molecule has 68 valence electrons. The molecule has 1 aromatic carbocycles. The van der Waals surface area contributed by atoms with Crippen molar-refractivity contribution in [3.63, 3.8) is 0 Å². The van der Waals surface area contributed by atoms with Crippen LogP contribution < -0.4 is 4.74 Å². The van der Waals surface area contributed by atoms with E-state index in [4.69, 9.17) is 4.74 Å². The van der Waals surface area contributed by atoms with Gasteiger partial charge in [0.1, 0.15) is 5.75 Å². The molecule has 1 N–H and O–H groups in total. The predicted molar refractivity (Wildman–Crippen MR) is 54.8 cm³/mol. The third-order valence-electron chi connectivity index (χ3n) is 2.06.